The predicted octanol–water partition coefficient (Wildman–Crippen LogP) is 5.12. The van der Waals surface area contributed by atoms with E-state index in [1.807, 2.05) is 12.1 Å². The highest BCUT2D eigenvalue weighted by atomic mass is 35.5. The lowest BCUT2D eigenvalue weighted by Gasteiger charge is -2.29. The summed E-state index contributed by atoms with van der Waals surface area (Å²) in [6.07, 6.45) is 5.16. The molecule has 3 aromatic rings. The number of aromatic nitrogens is 2. The van der Waals surface area contributed by atoms with E-state index in [0.29, 0.717) is 27.2 Å². The van der Waals surface area contributed by atoms with Crippen LogP contribution in [0.5, 0.6) is 0 Å². The normalized spacial score (nSPS) is 13.2. The van der Waals surface area contributed by atoms with Crippen LogP contribution in [0.3, 0.4) is 0 Å². The van der Waals surface area contributed by atoms with Crippen LogP contribution in [0.4, 0.5) is 17.3 Å². The van der Waals surface area contributed by atoms with Crippen LogP contribution in [-0.2, 0) is 6.42 Å². The van der Waals surface area contributed by atoms with Crippen LogP contribution in [-0.4, -0.2) is 22.4 Å². The Labute approximate surface area is 167 Å². The molecule has 1 aliphatic rings. The van der Waals surface area contributed by atoms with Gasteiger partial charge < -0.3 is 10.2 Å². The van der Waals surface area contributed by atoms with Crippen molar-refractivity contribution in [2.75, 3.05) is 16.8 Å². The van der Waals surface area contributed by atoms with Crippen LogP contribution < -0.4 is 10.2 Å². The number of hydrogen-bond acceptors (Lipinski definition) is 4. The van der Waals surface area contributed by atoms with Crippen LogP contribution in [0.1, 0.15) is 22.3 Å². The van der Waals surface area contributed by atoms with Gasteiger partial charge in [-0.05, 0) is 42.7 Å². The summed E-state index contributed by atoms with van der Waals surface area (Å²) in [7, 11) is 0. The molecule has 1 aromatic heterocycles. The van der Waals surface area contributed by atoms with E-state index >= 15 is 0 Å². The molecule has 0 saturated carbocycles. The quantitative estimate of drug-likeness (QED) is 0.664. The van der Waals surface area contributed by atoms with E-state index < -0.39 is 0 Å². The highest BCUT2D eigenvalue weighted by Crippen LogP contribution is 2.31. The number of carbonyl (C=O) groups excluding carboxylic acids is 1. The molecule has 1 N–H and O–H groups in total. The van der Waals surface area contributed by atoms with Crippen molar-refractivity contribution in [3.05, 3.63) is 76.0 Å². The fraction of sp³-hybridized carbons (Fsp3) is 0.150. The summed E-state index contributed by atoms with van der Waals surface area (Å²) in [5.41, 5.74) is 3.34. The Bertz CT molecular complexity index is 992. The minimum Gasteiger partial charge on any atom is -0.322 e. The Kier molecular flexibility index (Phi) is 4.97. The first-order valence-electron chi connectivity index (χ1n) is 8.56. The topological polar surface area (TPSA) is 58.1 Å². The van der Waals surface area contributed by atoms with Crippen molar-refractivity contribution < 1.29 is 4.79 Å². The average Bonchev–Trinajstić information content (AvgIpc) is 2.70. The van der Waals surface area contributed by atoms with Crippen LogP contribution in [0, 0.1) is 0 Å². The Balaban J connectivity index is 1.52. The van der Waals surface area contributed by atoms with Crippen LogP contribution in [0.2, 0.25) is 10.0 Å². The highest BCUT2D eigenvalue weighted by Gasteiger charge is 2.20. The summed E-state index contributed by atoms with van der Waals surface area (Å²) < 4.78 is 0. The van der Waals surface area contributed by atoms with E-state index in [-0.39, 0.29) is 5.91 Å². The lowest BCUT2D eigenvalue weighted by Crippen LogP contribution is -2.26. The number of benzene rings is 2. The van der Waals surface area contributed by atoms with E-state index in [9.17, 15) is 4.79 Å². The van der Waals surface area contributed by atoms with Crippen molar-refractivity contribution in [2.24, 2.45) is 0 Å². The smallest absolute Gasteiger partial charge is 0.258 e. The molecule has 27 heavy (non-hydrogen) atoms. The van der Waals surface area contributed by atoms with Crippen molar-refractivity contribution in [2.45, 2.75) is 12.8 Å². The number of rotatable bonds is 3. The molecular formula is C20H16Cl2N4O. The average molecular weight is 399 g/mol. The molecule has 2 aromatic carbocycles. The molecule has 2 heterocycles. The molecule has 0 aliphatic carbocycles. The lowest BCUT2D eigenvalue weighted by atomic mass is 10.0. The summed E-state index contributed by atoms with van der Waals surface area (Å²) in [4.78, 5) is 23.3. The first-order valence-corrected chi connectivity index (χ1v) is 9.31. The van der Waals surface area contributed by atoms with Gasteiger partial charge in [-0.3, -0.25) is 4.79 Å². The number of amides is 1. The second-order valence-electron chi connectivity index (χ2n) is 6.24. The van der Waals surface area contributed by atoms with E-state index in [4.69, 9.17) is 23.2 Å². The molecule has 0 spiro atoms. The van der Waals surface area contributed by atoms with Gasteiger partial charge in [0, 0.05) is 30.3 Å². The number of nitrogens with zero attached hydrogens (tertiary/aromatic N) is 3. The number of carbonyl (C=O) groups is 1. The van der Waals surface area contributed by atoms with Crippen molar-refractivity contribution in [3.8, 4) is 0 Å². The van der Waals surface area contributed by atoms with Gasteiger partial charge in [-0.25, -0.2) is 9.97 Å². The summed E-state index contributed by atoms with van der Waals surface area (Å²) in [5.74, 6) is 0.284. The maximum Gasteiger partial charge on any atom is 0.258 e. The molecule has 0 bridgehead atoms. The van der Waals surface area contributed by atoms with Crippen LogP contribution in [0.15, 0.2) is 54.9 Å². The number of halogens is 2. The first kappa shape index (κ1) is 17.8. The van der Waals surface area contributed by atoms with Crippen molar-refractivity contribution >= 4 is 46.4 Å². The zero-order chi connectivity index (χ0) is 18.8. The minimum atomic E-state index is -0.306. The van der Waals surface area contributed by atoms with Crippen LogP contribution in [0.25, 0.3) is 0 Å². The monoisotopic (exact) mass is 398 g/mol. The minimum absolute atomic E-state index is 0.306. The van der Waals surface area contributed by atoms with E-state index in [1.54, 1.807) is 18.2 Å². The van der Waals surface area contributed by atoms with Gasteiger partial charge in [0.2, 0.25) is 5.95 Å². The highest BCUT2D eigenvalue weighted by molar-refractivity contribution is 6.42. The second kappa shape index (κ2) is 7.55. The molecule has 4 rings (SSSR count). The van der Waals surface area contributed by atoms with Gasteiger partial charge in [-0.2, -0.15) is 0 Å². The Morgan fingerprint density at radius 2 is 1.81 bits per heavy atom. The van der Waals surface area contributed by atoms with Gasteiger partial charge in [0.15, 0.2) is 0 Å². The molecular weight excluding hydrogens is 383 g/mol. The molecule has 0 atom stereocenters. The number of nitrogens with one attached hydrogen (secondary N) is 1. The number of fused-ring (bicyclic) bond motifs is 1. The zero-order valence-corrected chi connectivity index (χ0v) is 15.8. The molecule has 0 radical (unpaired) electrons. The predicted molar refractivity (Wildman–Crippen MR) is 108 cm³/mol. The van der Waals surface area contributed by atoms with Crippen molar-refractivity contribution in [1.82, 2.24) is 9.97 Å². The number of hydrogen-bond donors (Lipinski definition) is 1. The second-order valence-corrected chi connectivity index (χ2v) is 7.05. The van der Waals surface area contributed by atoms with Gasteiger partial charge in [-0.1, -0.05) is 41.4 Å². The first-order chi connectivity index (χ1) is 13.1. The fourth-order valence-corrected chi connectivity index (χ4v) is 3.39. The lowest BCUT2D eigenvalue weighted by molar-refractivity contribution is 0.102. The number of para-hydroxylation sites is 1. The summed E-state index contributed by atoms with van der Waals surface area (Å²) in [5, 5.41) is 3.58. The summed E-state index contributed by atoms with van der Waals surface area (Å²) >= 11 is 11.9. The SMILES string of the molecule is O=C(Nc1ccc(Cl)c(Cl)c1)c1cnc(N2CCCc3ccccc32)nc1. The Morgan fingerprint density at radius 3 is 2.59 bits per heavy atom. The van der Waals surface area contributed by atoms with E-state index in [0.717, 1.165) is 25.1 Å². The third-order valence-corrected chi connectivity index (χ3v) is 5.17. The molecule has 136 valence electrons. The van der Waals surface area contributed by atoms with Gasteiger partial charge in [0.1, 0.15) is 0 Å². The van der Waals surface area contributed by atoms with Gasteiger partial charge in [0.25, 0.3) is 5.91 Å². The molecule has 0 fully saturated rings. The fourth-order valence-electron chi connectivity index (χ4n) is 3.10. The van der Waals surface area contributed by atoms with E-state index in [1.165, 1.54) is 18.0 Å². The third-order valence-electron chi connectivity index (χ3n) is 4.43. The van der Waals surface area contributed by atoms with E-state index in [2.05, 4.69) is 32.3 Å². The Morgan fingerprint density at radius 1 is 1.04 bits per heavy atom. The van der Waals surface area contributed by atoms with Crippen molar-refractivity contribution in [1.29, 1.82) is 0 Å². The summed E-state index contributed by atoms with van der Waals surface area (Å²) in [6.45, 7) is 0.853. The molecule has 5 nitrogen and oxygen atoms in total. The van der Waals surface area contributed by atoms with Crippen LogP contribution >= 0.6 is 23.2 Å². The maximum atomic E-state index is 12.4. The summed E-state index contributed by atoms with van der Waals surface area (Å²) in [6, 6.07) is 13.2. The standard InChI is InChI=1S/C20H16Cl2N4O/c21-16-8-7-15(10-17(16)22)25-19(27)14-11-23-20(24-12-14)26-9-3-5-13-4-1-2-6-18(13)26/h1-2,4,6-8,10-12H,3,5,9H2,(H,25,27). The number of aryl methyl sites for hydroxylation is 1. The molecule has 7 heteroatoms. The van der Waals surface area contributed by atoms with Crippen molar-refractivity contribution in [3.63, 3.8) is 0 Å². The van der Waals surface area contributed by atoms with Gasteiger partial charge in [-0.15, -0.1) is 0 Å². The molecule has 1 aliphatic heterocycles. The molecule has 1 amide bonds. The molecule has 0 unspecified atom stereocenters. The molecule has 0 saturated heterocycles. The number of anilines is 3. The van der Waals surface area contributed by atoms with Gasteiger partial charge >= 0.3 is 0 Å². The van der Waals surface area contributed by atoms with Gasteiger partial charge in [0.05, 0.1) is 15.6 Å². The zero-order valence-electron chi connectivity index (χ0n) is 14.3. The maximum absolute atomic E-state index is 12.4. The Hall–Kier alpha value is -2.63. The third kappa shape index (κ3) is 3.75. The largest absolute Gasteiger partial charge is 0.322 e.